The number of rotatable bonds is 1. The van der Waals surface area contributed by atoms with Gasteiger partial charge in [-0.1, -0.05) is 29.8 Å². The Balaban J connectivity index is 1.97. The van der Waals surface area contributed by atoms with Gasteiger partial charge in [0.1, 0.15) is 11.8 Å². The zero-order valence-corrected chi connectivity index (χ0v) is 12.0. The van der Waals surface area contributed by atoms with E-state index in [0.717, 1.165) is 10.9 Å². The normalized spacial score (nSPS) is 11.1. The fourth-order valence-electron chi connectivity index (χ4n) is 2.65. The van der Waals surface area contributed by atoms with Crippen LogP contribution in [0.5, 0.6) is 0 Å². The molecule has 2 heterocycles. The van der Waals surface area contributed by atoms with Gasteiger partial charge in [0.05, 0.1) is 22.2 Å². The van der Waals surface area contributed by atoms with Crippen LogP contribution in [0.4, 0.5) is 0 Å². The van der Waals surface area contributed by atoms with Crippen LogP contribution in [-0.4, -0.2) is 4.98 Å². The fourth-order valence-corrected chi connectivity index (χ4v) is 2.65. The van der Waals surface area contributed by atoms with Gasteiger partial charge in [0.15, 0.2) is 0 Å². The minimum absolute atomic E-state index is 0.0548. The molecule has 0 spiro atoms. The van der Waals surface area contributed by atoms with Gasteiger partial charge in [-0.05, 0) is 37.3 Å². The van der Waals surface area contributed by atoms with Crippen molar-refractivity contribution >= 4 is 21.9 Å². The molecule has 0 atom stereocenters. The lowest BCUT2D eigenvalue weighted by Gasteiger charge is -2.04. The summed E-state index contributed by atoms with van der Waals surface area (Å²) in [6.07, 6.45) is 1.49. The molecule has 2 aromatic carbocycles. The van der Waals surface area contributed by atoms with Crippen LogP contribution in [0.1, 0.15) is 5.56 Å². The summed E-state index contributed by atoms with van der Waals surface area (Å²) < 4.78 is 5.57. The molecule has 0 saturated heterocycles. The minimum atomic E-state index is -0.0548. The quantitative estimate of drug-likeness (QED) is 0.523. The van der Waals surface area contributed by atoms with E-state index in [2.05, 4.69) is 11.1 Å². The number of aryl methyl sites for hydroxylation is 1. The van der Waals surface area contributed by atoms with E-state index in [1.54, 1.807) is 12.1 Å². The average molecular weight is 287 g/mol. The van der Waals surface area contributed by atoms with Crippen molar-refractivity contribution in [1.29, 1.82) is 0 Å². The van der Waals surface area contributed by atoms with Gasteiger partial charge in [-0.2, -0.15) is 0 Å². The Hall–Kier alpha value is -2.94. The molecule has 0 radical (unpaired) electrons. The molecule has 4 aromatic rings. The Kier molecular flexibility index (Phi) is 2.79. The van der Waals surface area contributed by atoms with E-state index in [9.17, 15) is 4.79 Å². The van der Waals surface area contributed by atoms with Gasteiger partial charge in [0, 0.05) is 5.39 Å². The molecule has 3 nitrogen and oxygen atoms in total. The number of nitrogens with zero attached hydrogens (tertiary/aromatic N) is 1. The van der Waals surface area contributed by atoms with Crippen molar-refractivity contribution in [3.8, 4) is 11.3 Å². The number of fused-ring (bicyclic) bond motifs is 2. The number of hydrogen-bond acceptors (Lipinski definition) is 3. The second-order valence-corrected chi connectivity index (χ2v) is 5.37. The highest BCUT2D eigenvalue weighted by atomic mass is 16.3. The van der Waals surface area contributed by atoms with Crippen molar-refractivity contribution in [3.63, 3.8) is 0 Å². The van der Waals surface area contributed by atoms with Crippen molar-refractivity contribution < 1.29 is 4.42 Å². The van der Waals surface area contributed by atoms with Crippen molar-refractivity contribution in [2.45, 2.75) is 6.92 Å². The molecule has 106 valence electrons. The van der Waals surface area contributed by atoms with Gasteiger partial charge in [-0.15, -0.1) is 0 Å². The molecular weight excluding hydrogens is 274 g/mol. The summed E-state index contributed by atoms with van der Waals surface area (Å²) in [6.45, 7) is 2.05. The molecular formula is C19H13NO2. The molecule has 0 aliphatic rings. The molecule has 0 aliphatic heterocycles. The van der Waals surface area contributed by atoms with E-state index in [1.165, 1.54) is 11.8 Å². The molecule has 0 bridgehead atoms. The molecule has 4 rings (SSSR count). The Labute approximate surface area is 126 Å². The Morgan fingerprint density at radius 2 is 1.86 bits per heavy atom. The van der Waals surface area contributed by atoms with Gasteiger partial charge in [-0.3, -0.25) is 4.79 Å². The van der Waals surface area contributed by atoms with E-state index in [1.807, 2.05) is 43.3 Å². The van der Waals surface area contributed by atoms with Crippen molar-refractivity contribution in [2.75, 3.05) is 0 Å². The second kappa shape index (κ2) is 4.81. The lowest BCUT2D eigenvalue weighted by molar-refractivity contribution is 0.604. The maximum atomic E-state index is 12.6. The van der Waals surface area contributed by atoms with Crippen LogP contribution in [-0.2, 0) is 0 Å². The van der Waals surface area contributed by atoms with E-state index in [4.69, 9.17) is 4.42 Å². The smallest absolute Gasteiger partial charge is 0.202 e. The highest BCUT2D eigenvalue weighted by molar-refractivity contribution is 5.84. The van der Waals surface area contributed by atoms with Crippen LogP contribution in [0.2, 0.25) is 0 Å². The largest absolute Gasteiger partial charge is 0.463 e. The third-order valence-electron chi connectivity index (χ3n) is 3.80. The van der Waals surface area contributed by atoms with Crippen LogP contribution in [0.25, 0.3) is 33.1 Å². The number of benzene rings is 2. The molecule has 0 fully saturated rings. The summed E-state index contributed by atoms with van der Waals surface area (Å²) in [5, 5.41) is 1.64. The number of aromatic nitrogens is 1. The number of hydrogen-bond donors (Lipinski definition) is 0. The summed E-state index contributed by atoms with van der Waals surface area (Å²) in [6, 6.07) is 17.2. The Bertz CT molecular complexity index is 1060. The lowest BCUT2D eigenvalue weighted by Crippen LogP contribution is -2.05. The molecule has 0 N–H and O–H groups in total. The van der Waals surface area contributed by atoms with Gasteiger partial charge in [0.2, 0.25) is 5.43 Å². The Morgan fingerprint density at radius 3 is 2.77 bits per heavy atom. The fraction of sp³-hybridized carbons (Fsp3) is 0.0526. The number of para-hydroxylation sites is 1. The molecule has 3 heteroatoms. The maximum absolute atomic E-state index is 12.6. The predicted molar refractivity (Wildman–Crippen MR) is 88.0 cm³/mol. The summed E-state index contributed by atoms with van der Waals surface area (Å²) >= 11 is 0. The standard InChI is InChI=1S/C19H13NO2/c1-12-6-8-16-13(10-12)7-9-17(20-16)15-11-22-18-5-3-2-4-14(18)19(15)21/h2-11H,1H3. The highest BCUT2D eigenvalue weighted by Gasteiger charge is 2.10. The first-order chi connectivity index (χ1) is 10.7. The molecule has 0 aliphatic carbocycles. The van der Waals surface area contributed by atoms with Crippen LogP contribution in [0.15, 0.2) is 70.1 Å². The maximum Gasteiger partial charge on any atom is 0.202 e. The zero-order valence-electron chi connectivity index (χ0n) is 12.0. The summed E-state index contributed by atoms with van der Waals surface area (Å²) in [5.74, 6) is 0. The van der Waals surface area contributed by atoms with Crippen LogP contribution >= 0.6 is 0 Å². The highest BCUT2D eigenvalue weighted by Crippen LogP contribution is 2.21. The van der Waals surface area contributed by atoms with E-state index in [0.29, 0.717) is 22.2 Å². The van der Waals surface area contributed by atoms with Crippen LogP contribution < -0.4 is 5.43 Å². The first-order valence-corrected chi connectivity index (χ1v) is 7.11. The first kappa shape index (κ1) is 12.8. The van der Waals surface area contributed by atoms with Crippen molar-refractivity contribution in [3.05, 3.63) is 76.6 Å². The monoisotopic (exact) mass is 287 g/mol. The average Bonchev–Trinajstić information content (AvgIpc) is 2.55. The zero-order chi connectivity index (χ0) is 15.1. The SMILES string of the molecule is Cc1ccc2nc(-c3coc4ccccc4c3=O)ccc2c1. The van der Waals surface area contributed by atoms with Crippen LogP contribution in [0, 0.1) is 6.92 Å². The van der Waals surface area contributed by atoms with E-state index in [-0.39, 0.29) is 5.43 Å². The molecule has 0 amide bonds. The summed E-state index contributed by atoms with van der Waals surface area (Å²) in [4.78, 5) is 17.2. The van der Waals surface area contributed by atoms with Gasteiger partial charge >= 0.3 is 0 Å². The molecule has 22 heavy (non-hydrogen) atoms. The minimum Gasteiger partial charge on any atom is -0.463 e. The third-order valence-corrected chi connectivity index (χ3v) is 3.80. The van der Waals surface area contributed by atoms with Crippen molar-refractivity contribution in [1.82, 2.24) is 4.98 Å². The second-order valence-electron chi connectivity index (χ2n) is 5.37. The Morgan fingerprint density at radius 1 is 1.00 bits per heavy atom. The van der Waals surface area contributed by atoms with E-state index >= 15 is 0 Å². The summed E-state index contributed by atoms with van der Waals surface area (Å²) in [5.41, 5.74) is 3.72. The number of pyridine rings is 1. The summed E-state index contributed by atoms with van der Waals surface area (Å²) in [7, 11) is 0. The lowest BCUT2D eigenvalue weighted by atomic mass is 10.1. The van der Waals surface area contributed by atoms with Crippen molar-refractivity contribution in [2.24, 2.45) is 0 Å². The van der Waals surface area contributed by atoms with Gasteiger partial charge in [0.25, 0.3) is 0 Å². The molecule has 0 saturated carbocycles. The van der Waals surface area contributed by atoms with Gasteiger partial charge < -0.3 is 4.42 Å². The predicted octanol–water partition coefficient (Wildman–Crippen LogP) is 4.32. The third kappa shape index (κ3) is 1.99. The van der Waals surface area contributed by atoms with Crippen LogP contribution in [0.3, 0.4) is 0 Å². The molecule has 0 unspecified atom stereocenters. The first-order valence-electron chi connectivity index (χ1n) is 7.11. The molecule has 2 aromatic heterocycles. The van der Waals surface area contributed by atoms with E-state index < -0.39 is 0 Å². The van der Waals surface area contributed by atoms with Gasteiger partial charge in [-0.25, -0.2) is 4.98 Å². The topological polar surface area (TPSA) is 43.1 Å².